The van der Waals surface area contributed by atoms with Gasteiger partial charge in [0, 0.05) is 18.0 Å². The van der Waals surface area contributed by atoms with Gasteiger partial charge in [-0.15, -0.1) is 11.3 Å². The lowest BCUT2D eigenvalue weighted by atomic mass is 10.3. The highest BCUT2D eigenvalue weighted by molar-refractivity contribution is 7.18. The molecule has 0 spiro atoms. The molecule has 3 rings (SSSR count). The van der Waals surface area contributed by atoms with Crippen LogP contribution in [-0.4, -0.2) is 23.1 Å². The molecule has 2 N–H and O–H groups in total. The molecule has 18 heavy (non-hydrogen) atoms. The van der Waals surface area contributed by atoms with Crippen LogP contribution in [-0.2, 0) is 0 Å². The smallest absolute Gasteiger partial charge is 0.223 e. The highest BCUT2D eigenvalue weighted by Crippen LogP contribution is 2.35. The Morgan fingerprint density at radius 2 is 2.22 bits per heavy atom. The van der Waals surface area contributed by atoms with E-state index in [1.54, 1.807) is 11.3 Å². The van der Waals surface area contributed by atoms with Crippen molar-refractivity contribution in [1.29, 1.82) is 0 Å². The van der Waals surface area contributed by atoms with Gasteiger partial charge in [0.25, 0.3) is 0 Å². The Morgan fingerprint density at radius 3 is 2.89 bits per heavy atom. The minimum atomic E-state index is 0.383. The molecule has 4 nitrogen and oxygen atoms in total. The number of nitrogens with two attached hydrogens (primary N) is 1. The lowest BCUT2D eigenvalue weighted by Crippen LogP contribution is -2.26. The van der Waals surface area contributed by atoms with E-state index in [2.05, 4.69) is 34.8 Å². The van der Waals surface area contributed by atoms with Crippen molar-refractivity contribution >= 4 is 33.3 Å². The first-order chi connectivity index (χ1) is 8.67. The minimum Gasteiger partial charge on any atom is -0.368 e. The SMILES string of the molecule is CCN(CC1CC1)c1nc(N)nc2sc(C)cc12. The van der Waals surface area contributed by atoms with E-state index in [0.29, 0.717) is 5.95 Å². The number of thiophene rings is 1. The fraction of sp³-hybridized carbons (Fsp3) is 0.538. The van der Waals surface area contributed by atoms with Gasteiger partial charge in [-0.1, -0.05) is 0 Å². The van der Waals surface area contributed by atoms with Crippen LogP contribution in [0.5, 0.6) is 0 Å². The summed E-state index contributed by atoms with van der Waals surface area (Å²) in [5.74, 6) is 2.24. The Bertz CT molecular complexity index is 574. The van der Waals surface area contributed by atoms with Crippen LogP contribution in [0, 0.1) is 12.8 Å². The Balaban J connectivity index is 2.06. The van der Waals surface area contributed by atoms with Gasteiger partial charge in [0.15, 0.2) is 0 Å². The van der Waals surface area contributed by atoms with E-state index in [9.17, 15) is 0 Å². The molecule has 1 saturated carbocycles. The molecule has 0 bridgehead atoms. The molecule has 0 radical (unpaired) electrons. The maximum Gasteiger partial charge on any atom is 0.223 e. The number of aromatic nitrogens is 2. The number of nitrogen functional groups attached to an aromatic ring is 1. The number of hydrogen-bond donors (Lipinski definition) is 1. The summed E-state index contributed by atoms with van der Waals surface area (Å²) in [6.45, 7) is 6.34. The third kappa shape index (κ3) is 2.14. The Labute approximate surface area is 111 Å². The largest absolute Gasteiger partial charge is 0.368 e. The standard InChI is InChI=1S/C13H18N4S/c1-3-17(7-9-4-5-9)11-10-6-8(2)18-12(10)16-13(14)15-11/h6,9H,3-5,7H2,1-2H3,(H2,14,15,16). The monoisotopic (exact) mass is 262 g/mol. The number of anilines is 2. The molecular formula is C13H18N4S. The van der Waals surface area contributed by atoms with Gasteiger partial charge in [0.1, 0.15) is 10.6 Å². The second kappa shape index (κ2) is 4.39. The quantitative estimate of drug-likeness (QED) is 0.920. The van der Waals surface area contributed by atoms with Gasteiger partial charge in [-0.2, -0.15) is 4.98 Å². The van der Waals surface area contributed by atoms with E-state index >= 15 is 0 Å². The molecule has 1 aliphatic rings. The van der Waals surface area contributed by atoms with Gasteiger partial charge in [0.05, 0.1) is 5.39 Å². The summed E-state index contributed by atoms with van der Waals surface area (Å²) in [5.41, 5.74) is 5.83. The zero-order valence-corrected chi connectivity index (χ0v) is 11.6. The first kappa shape index (κ1) is 11.7. The van der Waals surface area contributed by atoms with Crippen LogP contribution >= 0.6 is 11.3 Å². The van der Waals surface area contributed by atoms with E-state index in [1.165, 1.54) is 17.7 Å². The Kier molecular flexibility index (Phi) is 2.86. The van der Waals surface area contributed by atoms with Gasteiger partial charge in [-0.05, 0) is 38.7 Å². The first-order valence-corrected chi connectivity index (χ1v) is 7.27. The van der Waals surface area contributed by atoms with Gasteiger partial charge in [0.2, 0.25) is 5.95 Å². The predicted molar refractivity (Wildman–Crippen MR) is 77.2 cm³/mol. The highest BCUT2D eigenvalue weighted by atomic mass is 32.1. The van der Waals surface area contributed by atoms with Crippen molar-refractivity contribution in [1.82, 2.24) is 9.97 Å². The average Bonchev–Trinajstić information content (AvgIpc) is 3.06. The van der Waals surface area contributed by atoms with Crippen LogP contribution in [0.1, 0.15) is 24.6 Å². The van der Waals surface area contributed by atoms with Crippen molar-refractivity contribution in [3.05, 3.63) is 10.9 Å². The van der Waals surface area contributed by atoms with Gasteiger partial charge < -0.3 is 10.6 Å². The molecule has 2 aromatic rings. The molecule has 0 aromatic carbocycles. The molecule has 0 amide bonds. The molecule has 0 atom stereocenters. The Morgan fingerprint density at radius 1 is 1.44 bits per heavy atom. The van der Waals surface area contributed by atoms with Crippen molar-refractivity contribution in [3.63, 3.8) is 0 Å². The number of rotatable bonds is 4. The number of fused-ring (bicyclic) bond motifs is 1. The lowest BCUT2D eigenvalue weighted by Gasteiger charge is -2.22. The van der Waals surface area contributed by atoms with Gasteiger partial charge >= 0.3 is 0 Å². The number of nitrogens with zero attached hydrogens (tertiary/aromatic N) is 3. The fourth-order valence-electron chi connectivity index (χ4n) is 2.26. The summed E-state index contributed by atoms with van der Waals surface area (Å²) >= 11 is 1.69. The molecular weight excluding hydrogens is 244 g/mol. The van der Waals surface area contributed by atoms with Crippen LogP contribution < -0.4 is 10.6 Å². The van der Waals surface area contributed by atoms with Crippen LogP contribution in [0.4, 0.5) is 11.8 Å². The average molecular weight is 262 g/mol. The van der Waals surface area contributed by atoms with Gasteiger partial charge in [-0.25, -0.2) is 4.98 Å². The maximum absolute atomic E-state index is 5.83. The summed E-state index contributed by atoms with van der Waals surface area (Å²) in [6, 6.07) is 2.17. The fourth-order valence-corrected chi connectivity index (χ4v) is 3.14. The topological polar surface area (TPSA) is 55.0 Å². The first-order valence-electron chi connectivity index (χ1n) is 6.46. The van der Waals surface area contributed by atoms with E-state index in [-0.39, 0.29) is 0 Å². The minimum absolute atomic E-state index is 0.383. The normalized spacial score (nSPS) is 15.2. The third-order valence-electron chi connectivity index (χ3n) is 3.37. The van der Waals surface area contributed by atoms with E-state index in [1.807, 2.05) is 0 Å². The van der Waals surface area contributed by atoms with E-state index in [4.69, 9.17) is 5.73 Å². The summed E-state index contributed by atoms with van der Waals surface area (Å²) in [5, 5.41) is 1.15. The summed E-state index contributed by atoms with van der Waals surface area (Å²) in [7, 11) is 0. The predicted octanol–water partition coefficient (Wildman–Crippen LogP) is 2.82. The van der Waals surface area contributed by atoms with Crippen LogP contribution in [0.15, 0.2) is 6.07 Å². The van der Waals surface area contributed by atoms with Crippen LogP contribution in [0.2, 0.25) is 0 Å². The molecule has 0 saturated heterocycles. The second-order valence-electron chi connectivity index (χ2n) is 4.96. The number of aryl methyl sites for hydroxylation is 1. The molecule has 0 aliphatic heterocycles. The van der Waals surface area contributed by atoms with Crippen molar-refractivity contribution in [2.24, 2.45) is 5.92 Å². The summed E-state index contributed by atoms with van der Waals surface area (Å²) in [4.78, 5) is 13.4. The van der Waals surface area contributed by atoms with E-state index < -0.39 is 0 Å². The second-order valence-corrected chi connectivity index (χ2v) is 6.20. The molecule has 96 valence electrons. The van der Waals surface area contributed by atoms with Crippen molar-refractivity contribution in [2.45, 2.75) is 26.7 Å². The molecule has 1 fully saturated rings. The van der Waals surface area contributed by atoms with E-state index in [0.717, 1.165) is 35.0 Å². The summed E-state index contributed by atoms with van der Waals surface area (Å²) < 4.78 is 0. The van der Waals surface area contributed by atoms with Gasteiger partial charge in [-0.3, -0.25) is 0 Å². The third-order valence-corrected chi connectivity index (χ3v) is 4.31. The molecule has 5 heteroatoms. The molecule has 2 aromatic heterocycles. The van der Waals surface area contributed by atoms with Crippen LogP contribution in [0.3, 0.4) is 0 Å². The van der Waals surface area contributed by atoms with Crippen molar-refractivity contribution in [3.8, 4) is 0 Å². The van der Waals surface area contributed by atoms with Crippen LogP contribution in [0.25, 0.3) is 10.2 Å². The van der Waals surface area contributed by atoms with Crippen molar-refractivity contribution < 1.29 is 0 Å². The lowest BCUT2D eigenvalue weighted by molar-refractivity contribution is 0.735. The zero-order valence-electron chi connectivity index (χ0n) is 10.8. The Hall–Kier alpha value is -1.36. The highest BCUT2D eigenvalue weighted by Gasteiger charge is 2.25. The maximum atomic E-state index is 5.83. The molecule has 1 aliphatic carbocycles. The summed E-state index contributed by atoms with van der Waals surface area (Å²) in [6.07, 6.45) is 2.70. The van der Waals surface area contributed by atoms with Crippen molar-refractivity contribution in [2.75, 3.05) is 23.7 Å². The zero-order chi connectivity index (χ0) is 12.7. The molecule has 2 heterocycles. The number of hydrogen-bond acceptors (Lipinski definition) is 5. The molecule has 0 unspecified atom stereocenters.